The maximum Gasteiger partial charge on any atom is 0.398 e. The highest BCUT2D eigenvalue weighted by Crippen LogP contribution is 2.19. The van der Waals surface area contributed by atoms with Gasteiger partial charge in [-0.1, -0.05) is 15.9 Å². The maximum atomic E-state index is 12.2. The van der Waals surface area contributed by atoms with Gasteiger partial charge in [0.2, 0.25) is 0 Å². The Morgan fingerprint density at radius 2 is 1.83 bits per heavy atom. The molecule has 126 valence electrons. The number of halogens is 1. The highest BCUT2D eigenvalue weighted by molar-refractivity contribution is 9.10. The van der Waals surface area contributed by atoms with Crippen molar-refractivity contribution in [3.63, 3.8) is 0 Å². The van der Waals surface area contributed by atoms with Crippen LogP contribution in [0.5, 0.6) is 0 Å². The van der Waals surface area contributed by atoms with E-state index in [9.17, 15) is 14.4 Å². The first-order chi connectivity index (χ1) is 11.0. The minimum atomic E-state index is -0.987. The molecule has 1 amide bonds. The van der Waals surface area contributed by atoms with Crippen LogP contribution in [-0.4, -0.2) is 36.9 Å². The predicted molar refractivity (Wildman–Crippen MR) is 92.3 cm³/mol. The molecule has 0 aromatic heterocycles. The standard InChI is InChI=1S/C15H18BrNO5S/c1-2-21-13(18)4-3-9-17(14(19)15(20)22-10-23)12-7-5-11(16)6-8-12/h5-8,23H,2-4,9-10H2,1H3. The van der Waals surface area contributed by atoms with Gasteiger partial charge in [-0.2, -0.15) is 0 Å². The van der Waals surface area contributed by atoms with Crippen molar-refractivity contribution in [3.05, 3.63) is 28.7 Å². The predicted octanol–water partition coefficient (Wildman–Crippen LogP) is 2.56. The zero-order chi connectivity index (χ0) is 17.2. The number of benzene rings is 1. The smallest absolute Gasteiger partial charge is 0.398 e. The summed E-state index contributed by atoms with van der Waals surface area (Å²) in [4.78, 5) is 36.5. The Morgan fingerprint density at radius 1 is 1.17 bits per heavy atom. The number of carbonyl (C=O) groups is 3. The van der Waals surface area contributed by atoms with E-state index in [0.29, 0.717) is 18.7 Å². The Bertz CT molecular complexity index is 549. The van der Waals surface area contributed by atoms with Crippen LogP contribution in [0.1, 0.15) is 19.8 Å². The van der Waals surface area contributed by atoms with Gasteiger partial charge in [0.15, 0.2) is 0 Å². The number of carbonyl (C=O) groups excluding carboxylic acids is 3. The molecule has 0 saturated carbocycles. The van der Waals surface area contributed by atoms with Crippen LogP contribution >= 0.6 is 28.6 Å². The molecule has 23 heavy (non-hydrogen) atoms. The minimum Gasteiger partial charge on any atom is -0.466 e. The Balaban J connectivity index is 2.80. The first-order valence-corrected chi connectivity index (χ1v) is 8.42. The molecular weight excluding hydrogens is 386 g/mol. The fourth-order valence-corrected chi connectivity index (χ4v) is 2.20. The van der Waals surface area contributed by atoms with Crippen molar-refractivity contribution in [3.8, 4) is 0 Å². The lowest BCUT2D eigenvalue weighted by Gasteiger charge is -2.21. The molecule has 1 aromatic rings. The Morgan fingerprint density at radius 3 is 2.39 bits per heavy atom. The number of nitrogens with zero attached hydrogens (tertiary/aromatic N) is 1. The molecule has 0 unspecified atom stereocenters. The van der Waals surface area contributed by atoms with Crippen LogP contribution in [0.25, 0.3) is 0 Å². The van der Waals surface area contributed by atoms with Crippen molar-refractivity contribution < 1.29 is 23.9 Å². The van der Waals surface area contributed by atoms with E-state index in [1.54, 1.807) is 31.2 Å². The molecule has 1 aromatic carbocycles. The number of amides is 1. The summed E-state index contributed by atoms with van der Waals surface area (Å²) in [6.07, 6.45) is 0.532. The molecule has 8 heteroatoms. The van der Waals surface area contributed by atoms with Crippen LogP contribution in [-0.2, 0) is 23.9 Å². The van der Waals surface area contributed by atoms with Crippen molar-refractivity contribution >= 4 is 52.1 Å². The molecule has 0 aliphatic heterocycles. The lowest BCUT2D eigenvalue weighted by Crippen LogP contribution is -2.38. The molecular formula is C15H18BrNO5S. The number of ether oxygens (including phenoxy) is 2. The third-order valence-electron chi connectivity index (χ3n) is 2.82. The highest BCUT2D eigenvalue weighted by Gasteiger charge is 2.24. The lowest BCUT2D eigenvalue weighted by atomic mass is 10.2. The summed E-state index contributed by atoms with van der Waals surface area (Å²) in [5, 5.41) is 0. The van der Waals surface area contributed by atoms with Gasteiger partial charge in [-0.25, -0.2) is 4.79 Å². The van der Waals surface area contributed by atoms with Crippen LogP contribution in [0.2, 0.25) is 0 Å². The molecule has 0 heterocycles. The zero-order valence-electron chi connectivity index (χ0n) is 12.7. The molecule has 6 nitrogen and oxygen atoms in total. The van der Waals surface area contributed by atoms with Crippen molar-refractivity contribution in [1.82, 2.24) is 0 Å². The van der Waals surface area contributed by atoms with E-state index < -0.39 is 11.9 Å². The molecule has 1 rings (SSSR count). The summed E-state index contributed by atoms with van der Waals surface area (Å²) in [5.74, 6) is -2.31. The summed E-state index contributed by atoms with van der Waals surface area (Å²) >= 11 is 7.07. The topological polar surface area (TPSA) is 72.9 Å². The molecule has 0 N–H and O–H groups in total. The zero-order valence-corrected chi connectivity index (χ0v) is 15.1. The van der Waals surface area contributed by atoms with Gasteiger partial charge < -0.3 is 14.4 Å². The SMILES string of the molecule is CCOC(=O)CCCN(C(=O)C(=O)OCS)c1ccc(Br)cc1. The van der Waals surface area contributed by atoms with Crippen LogP contribution in [0.4, 0.5) is 5.69 Å². The van der Waals surface area contributed by atoms with E-state index >= 15 is 0 Å². The summed E-state index contributed by atoms with van der Waals surface area (Å²) in [6, 6.07) is 6.90. The molecule has 0 atom stereocenters. The van der Waals surface area contributed by atoms with Crippen molar-refractivity contribution in [2.45, 2.75) is 19.8 Å². The Labute approximate surface area is 148 Å². The third kappa shape index (κ3) is 6.62. The van der Waals surface area contributed by atoms with E-state index in [1.165, 1.54) is 4.90 Å². The molecule has 0 aliphatic carbocycles. The lowest BCUT2D eigenvalue weighted by molar-refractivity contribution is -0.151. The van der Waals surface area contributed by atoms with Crippen LogP contribution in [0.3, 0.4) is 0 Å². The summed E-state index contributed by atoms with van der Waals surface area (Å²) in [7, 11) is 0. The molecule has 0 radical (unpaired) electrons. The minimum absolute atomic E-state index is 0.162. The van der Waals surface area contributed by atoms with E-state index in [0.717, 1.165) is 4.47 Å². The first kappa shape index (κ1) is 19.5. The fourth-order valence-electron chi connectivity index (χ4n) is 1.81. The van der Waals surface area contributed by atoms with Gasteiger partial charge >= 0.3 is 17.8 Å². The first-order valence-electron chi connectivity index (χ1n) is 7.00. The van der Waals surface area contributed by atoms with Gasteiger partial charge in [0.05, 0.1) is 6.61 Å². The van der Waals surface area contributed by atoms with Crippen molar-refractivity contribution in [2.24, 2.45) is 0 Å². The van der Waals surface area contributed by atoms with E-state index in [2.05, 4.69) is 33.3 Å². The van der Waals surface area contributed by atoms with Gasteiger partial charge in [0, 0.05) is 23.1 Å². The number of esters is 2. The van der Waals surface area contributed by atoms with Crippen LogP contribution < -0.4 is 4.90 Å². The number of hydrogen-bond acceptors (Lipinski definition) is 6. The van der Waals surface area contributed by atoms with Crippen molar-refractivity contribution in [2.75, 3.05) is 24.0 Å². The Hall–Kier alpha value is -1.54. The fraction of sp³-hybridized carbons (Fsp3) is 0.400. The Kier molecular flexibility index (Phi) is 8.71. The second kappa shape index (κ2) is 10.3. The summed E-state index contributed by atoms with van der Waals surface area (Å²) < 4.78 is 10.3. The summed E-state index contributed by atoms with van der Waals surface area (Å²) in [5.41, 5.74) is 0.540. The molecule has 0 aliphatic rings. The van der Waals surface area contributed by atoms with Gasteiger partial charge in [0.25, 0.3) is 0 Å². The number of hydrogen-bond donors (Lipinski definition) is 1. The third-order valence-corrected chi connectivity index (χ3v) is 3.48. The van der Waals surface area contributed by atoms with Gasteiger partial charge in [-0.15, -0.1) is 12.6 Å². The number of rotatable bonds is 7. The van der Waals surface area contributed by atoms with E-state index in [4.69, 9.17) is 4.74 Å². The van der Waals surface area contributed by atoms with Gasteiger partial charge in [-0.3, -0.25) is 9.59 Å². The normalized spacial score (nSPS) is 10.0. The summed E-state index contributed by atoms with van der Waals surface area (Å²) in [6.45, 7) is 2.23. The second-order valence-corrected chi connectivity index (χ2v) is 5.58. The molecule has 0 fully saturated rings. The second-order valence-electron chi connectivity index (χ2n) is 4.40. The molecule has 0 saturated heterocycles. The molecule has 0 bridgehead atoms. The van der Waals surface area contributed by atoms with Crippen LogP contribution in [0.15, 0.2) is 28.7 Å². The monoisotopic (exact) mass is 403 g/mol. The van der Waals surface area contributed by atoms with E-state index in [-0.39, 0.29) is 24.9 Å². The van der Waals surface area contributed by atoms with E-state index in [1.807, 2.05) is 0 Å². The average Bonchev–Trinajstić information content (AvgIpc) is 2.52. The number of anilines is 1. The van der Waals surface area contributed by atoms with Gasteiger partial charge in [0.1, 0.15) is 5.94 Å². The van der Waals surface area contributed by atoms with Crippen LogP contribution in [0, 0.1) is 0 Å². The molecule has 0 spiro atoms. The average molecular weight is 404 g/mol. The van der Waals surface area contributed by atoms with Crippen molar-refractivity contribution in [1.29, 1.82) is 0 Å². The van der Waals surface area contributed by atoms with Gasteiger partial charge in [-0.05, 0) is 37.6 Å². The largest absolute Gasteiger partial charge is 0.466 e. The highest BCUT2D eigenvalue weighted by atomic mass is 79.9. The quantitative estimate of drug-likeness (QED) is 0.327. The number of thiol groups is 1. The maximum absolute atomic E-state index is 12.2.